The van der Waals surface area contributed by atoms with E-state index in [0.717, 1.165) is 24.0 Å². The third-order valence-corrected chi connectivity index (χ3v) is 4.66. The van der Waals surface area contributed by atoms with E-state index in [-0.39, 0.29) is 12.1 Å². The summed E-state index contributed by atoms with van der Waals surface area (Å²) in [6, 6.07) is 19.3. The van der Waals surface area contributed by atoms with Crippen molar-refractivity contribution in [3.8, 4) is 0 Å². The lowest BCUT2D eigenvalue weighted by Crippen LogP contribution is -2.36. The number of unbranched alkanes of at least 4 members (excludes halogenated alkanes) is 1. The quantitative estimate of drug-likeness (QED) is 0.434. The smallest absolute Gasteiger partial charge is 0.404 e. The Hall–Kier alpha value is -3.02. The van der Waals surface area contributed by atoms with Crippen molar-refractivity contribution in [2.75, 3.05) is 0 Å². The Kier molecular flexibility index (Phi) is 8.85. The molecule has 0 aliphatic rings. The van der Waals surface area contributed by atoms with E-state index in [1.165, 1.54) is 0 Å². The minimum absolute atomic E-state index is 0.153. The molecule has 0 aliphatic heterocycles. The SMILES string of the molecule is O=C(O)NC(CCCCC(Cc1ccccc1)NC(=O)O)Cc1ccccc1. The van der Waals surface area contributed by atoms with Gasteiger partial charge in [-0.2, -0.15) is 0 Å². The van der Waals surface area contributed by atoms with Gasteiger partial charge in [0.15, 0.2) is 0 Å². The molecule has 0 aliphatic carbocycles. The molecule has 2 rings (SSSR count). The van der Waals surface area contributed by atoms with Crippen molar-refractivity contribution < 1.29 is 19.8 Å². The molecule has 4 N–H and O–H groups in total. The summed E-state index contributed by atoms with van der Waals surface area (Å²) in [6.07, 6.45) is 2.33. The van der Waals surface area contributed by atoms with Crippen molar-refractivity contribution in [3.63, 3.8) is 0 Å². The average Bonchev–Trinajstić information content (AvgIpc) is 2.65. The highest BCUT2D eigenvalue weighted by atomic mass is 16.4. The van der Waals surface area contributed by atoms with Crippen molar-refractivity contribution in [1.82, 2.24) is 10.6 Å². The number of hydrogen-bond acceptors (Lipinski definition) is 2. The molecule has 28 heavy (non-hydrogen) atoms. The summed E-state index contributed by atoms with van der Waals surface area (Å²) in [5.41, 5.74) is 2.19. The normalized spacial score (nSPS) is 12.7. The molecule has 0 fully saturated rings. The molecular formula is C22H28N2O4. The first kappa shape index (κ1) is 21.3. The Morgan fingerprint density at radius 1 is 0.679 bits per heavy atom. The number of carboxylic acid groups (broad SMARTS) is 2. The first-order chi connectivity index (χ1) is 13.5. The number of carbonyl (C=O) groups is 2. The van der Waals surface area contributed by atoms with Crippen LogP contribution in [0.2, 0.25) is 0 Å². The molecule has 2 amide bonds. The Morgan fingerprint density at radius 2 is 1.04 bits per heavy atom. The van der Waals surface area contributed by atoms with Crippen LogP contribution in [0.15, 0.2) is 60.7 Å². The zero-order valence-electron chi connectivity index (χ0n) is 15.9. The standard InChI is InChI=1S/C22H28N2O4/c25-21(26)23-19(15-17-9-3-1-4-10-17)13-7-8-14-20(24-22(27)28)16-18-11-5-2-6-12-18/h1-6,9-12,19-20,23-24H,7-8,13-16H2,(H,25,26)(H,27,28). The Bertz CT molecular complexity index is 658. The molecule has 0 spiro atoms. The van der Waals surface area contributed by atoms with E-state index in [0.29, 0.717) is 25.7 Å². The van der Waals surface area contributed by atoms with Crippen LogP contribution in [0.4, 0.5) is 9.59 Å². The predicted octanol–water partition coefficient (Wildman–Crippen LogP) is 4.30. The van der Waals surface area contributed by atoms with Crippen LogP contribution in [-0.4, -0.2) is 34.5 Å². The topological polar surface area (TPSA) is 98.7 Å². The highest BCUT2D eigenvalue weighted by molar-refractivity contribution is 5.65. The van der Waals surface area contributed by atoms with Crippen LogP contribution in [0.25, 0.3) is 0 Å². The van der Waals surface area contributed by atoms with Crippen LogP contribution in [0.1, 0.15) is 36.8 Å². The molecule has 2 aromatic carbocycles. The van der Waals surface area contributed by atoms with Crippen LogP contribution in [0.3, 0.4) is 0 Å². The van der Waals surface area contributed by atoms with Gasteiger partial charge in [-0.25, -0.2) is 9.59 Å². The summed E-state index contributed by atoms with van der Waals surface area (Å²) in [5, 5.41) is 23.4. The van der Waals surface area contributed by atoms with Crippen molar-refractivity contribution in [1.29, 1.82) is 0 Å². The van der Waals surface area contributed by atoms with E-state index in [1.807, 2.05) is 60.7 Å². The maximum Gasteiger partial charge on any atom is 0.404 e. The molecule has 2 atom stereocenters. The second-order valence-electron chi connectivity index (χ2n) is 6.96. The molecule has 2 aromatic rings. The van der Waals surface area contributed by atoms with Crippen LogP contribution < -0.4 is 10.6 Å². The predicted molar refractivity (Wildman–Crippen MR) is 109 cm³/mol. The van der Waals surface area contributed by atoms with Crippen molar-refractivity contribution in [3.05, 3.63) is 71.8 Å². The number of hydrogen-bond donors (Lipinski definition) is 4. The summed E-state index contributed by atoms with van der Waals surface area (Å²) in [7, 11) is 0. The summed E-state index contributed by atoms with van der Waals surface area (Å²) in [6.45, 7) is 0. The van der Waals surface area contributed by atoms with Crippen LogP contribution in [0, 0.1) is 0 Å². The van der Waals surface area contributed by atoms with Gasteiger partial charge in [-0.1, -0.05) is 73.5 Å². The van der Waals surface area contributed by atoms with Crippen molar-refractivity contribution in [2.24, 2.45) is 0 Å². The molecule has 0 heterocycles. The van der Waals surface area contributed by atoms with Crippen molar-refractivity contribution >= 4 is 12.2 Å². The number of amides is 2. The molecule has 2 unspecified atom stereocenters. The minimum atomic E-state index is -1.02. The maximum absolute atomic E-state index is 11.1. The highest BCUT2D eigenvalue weighted by Gasteiger charge is 2.15. The van der Waals surface area contributed by atoms with Crippen LogP contribution >= 0.6 is 0 Å². The summed E-state index contributed by atoms with van der Waals surface area (Å²) in [4.78, 5) is 22.2. The van der Waals surface area contributed by atoms with Gasteiger partial charge < -0.3 is 20.8 Å². The van der Waals surface area contributed by atoms with Crippen molar-refractivity contribution in [2.45, 2.75) is 50.6 Å². The van der Waals surface area contributed by atoms with E-state index < -0.39 is 12.2 Å². The molecule has 0 saturated carbocycles. The van der Waals surface area contributed by atoms with Gasteiger partial charge in [0.05, 0.1) is 0 Å². The van der Waals surface area contributed by atoms with E-state index in [9.17, 15) is 9.59 Å². The Morgan fingerprint density at radius 3 is 1.36 bits per heavy atom. The fourth-order valence-corrected chi connectivity index (χ4v) is 3.38. The summed E-state index contributed by atoms with van der Waals surface area (Å²) >= 11 is 0. The maximum atomic E-state index is 11.1. The molecule has 0 bridgehead atoms. The zero-order chi connectivity index (χ0) is 20.2. The van der Waals surface area contributed by atoms with Gasteiger partial charge in [-0.3, -0.25) is 0 Å². The van der Waals surface area contributed by atoms with Crippen LogP contribution in [0.5, 0.6) is 0 Å². The minimum Gasteiger partial charge on any atom is -0.465 e. The highest BCUT2D eigenvalue weighted by Crippen LogP contribution is 2.13. The molecule has 6 heteroatoms. The lowest BCUT2D eigenvalue weighted by Gasteiger charge is -2.19. The largest absolute Gasteiger partial charge is 0.465 e. The number of rotatable bonds is 11. The second kappa shape index (κ2) is 11.6. The summed E-state index contributed by atoms with van der Waals surface area (Å²) in [5.74, 6) is 0. The molecule has 0 aromatic heterocycles. The van der Waals surface area contributed by atoms with Gasteiger partial charge in [0.2, 0.25) is 0 Å². The average molecular weight is 384 g/mol. The van der Waals surface area contributed by atoms with Gasteiger partial charge in [-0.15, -0.1) is 0 Å². The number of nitrogens with one attached hydrogen (secondary N) is 2. The first-order valence-corrected chi connectivity index (χ1v) is 9.59. The lowest BCUT2D eigenvalue weighted by molar-refractivity contribution is 0.186. The van der Waals surface area contributed by atoms with E-state index >= 15 is 0 Å². The second-order valence-corrected chi connectivity index (χ2v) is 6.96. The third kappa shape index (κ3) is 8.58. The van der Waals surface area contributed by atoms with Gasteiger partial charge in [-0.05, 0) is 36.8 Å². The molecule has 150 valence electrons. The number of benzene rings is 2. The summed E-state index contributed by atoms with van der Waals surface area (Å²) < 4.78 is 0. The zero-order valence-corrected chi connectivity index (χ0v) is 15.9. The fourth-order valence-electron chi connectivity index (χ4n) is 3.38. The molecular weight excluding hydrogens is 356 g/mol. The fraction of sp³-hybridized carbons (Fsp3) is 0.364. The molecule has 0 saturated heterocycles. The van der Waals surface area contributed by atoms with Gasteiger partial charge >= 0.3 is 12.2 Å². The van der Waals surface area contributed by atoms with Gasteiger partial charge in [0.1, 0.15) is 0 Å². The first-order valence-electron chi connectivity index (χ1n) is 9.59. The lowest BCUT2D eigenvalue weighted by atomic mass is 9.97. The Labute approximate surface area is 165 Å². The molecule has 6 nitrogen and oxygen atoms in total. The van der Waals surface area contributed by atoms with E-state index in [1.54, 1.807) is 0 Å². The Balaban J connectivity index is 1.82. The van der Waals surface area contributed by atoms with Crippen LogP contribution in [-0.2, 0) is 12.8 Å². The monoisotopic (exact) mass is 384 g/mol. The van der Waals surface area contributed by atoms with E-state index in [2.05, 4.69) is 10.6 Å². The van der Waals surface area contributed by atoms with E-state index in [4.69, 9.17) is 10.2 Å². The third-order valence-electron chi connectivity index (χ3n) is 4.66. The molecule has 0 radical (unpaired) electrons. The van der Waals surface area contributed by atoms with Gasteiger partial charge in [0, 0.05) is 12.1 Å². The van der Waals surface area contributed by atoms with Gasteiger partial charge in [0.25, 0.3) is 0 Å².